The number of benzene rings is 1. The van der Waals surface area contributed by atoms with Crippen LogP contribution in [0.2, 0.25) is 0 Å². The summed E-state index contributed by atoms with van der Waals surface area (Å²) >= 11 is 0. The van der Waals surface area contributed by atoms with Crippen molar-refractivity contribution in [1.29, 1.82) is 0 Å². The molecule has 0 radical (unpaired) electrons. The number of carbonyl (C=O) groups is 2. The van der Waals surface area contributed by atoms with E-state index in [-0.39, 0.29) is 6.03 Å². The molecule has 1 aromatic rings. The highest BCUT2D eigenvalue weighted by Gasteiger charge is 2.15. The van der Waals surface area contributed by atoms with Crippen LogP contribution >= 0.6 is 0 Å². The maximum absolute atomic E-state index is 11.8. The Kier molecular flexibility index (Phi) is 4.95. The topological polar surface area (TPSA) is 93.5 Å². The molecule has 3 amide bonds. The Labute approximate surface area is 117 Å². The van der Waals surface area contributed by atoms with Crippen LogP contribution in [0.4, 0.5) is 10.5 Å². The zero-order valence-corrected chi connectivity index (χ0v) is 11.2. The molecule has 0 spiro atoms. The number of hydrogen-bond acceptors (Lipinski definition) is 3. The lowest BCUT2D eigenvalue weighted by Gasteiger charge is -2.22. The normalized spacial score (nSPS) is 15.6. The number of nitrogens with two attached hydrogens (primary N) is 1. The number of rotatable bonds is 4. The summed E-state index contributed by atoms with van der Waals surface area (Å²) in [5, 5.41) is 5.46. The predicted octanol–water partition coefficient (Wildman–Crippen LogP) is 1.33. The van der Waals surface area contributed by atoms with Crippen LogP contribution in [-0.2, 0) is 4.74 Å². The maximum Gasteiger partial charge on any atom is 0.319 e. The molecule has 108 valence electrons. The molecular formula is C14H19N3O3. The van der Waals surface area contributed by atoms with Crippen molar-refractivity contribution in [2.45, 2.75) is 12.8 Å². The number of primary amides is 1. The lowest BCUT2D eigenvalue weighted by atomic mass is 10.0. The molecule has 1 aliphatic rings. The fourth-order valence-corrected chi connectivity index (χ4v) is 2.16. The van der Waals surface area contributed by atoms with Crippen LogP contribution in [0, 0.1) is 5.92 Å². The summed E-state index contributed by atoms with van der Waals surface area (Å²) in [5.74, 6) is -0.119. The molecule has 6 nitrogen and oxygen atoms in total. The molecule has 1 heterocycles. The van der Waals surface area contributed by atoms with Crippen molar-refractivity contribution in [1.82, 2.24) is 5.32 Å². The first-order valence-electron chi connectivity index (χ1n) is 6.68. The first-order chi connectivity index (χ1) is 9.66. The lowest BCUT2D eigenvalue weighted by molar-refractivity contribution is 0.0671. The second kappa shape index (κ2) is 6.91. The second-order valence-electron chi connectivity index (χ2n) is 4.80. The van der Waals surface area contributed by atoms with Gasteiger partial charge in [0.15, 0.2) is 0 Å². The number of ether oxygens (including phenoxy) is 1. The van der Waals surface area contributed by atoms with Crippen molar-refractivity contribution >= 4 is 17.6 Å². The Morgan fingerprint density at radius 2 is 1.95 bits per heavy atom. The van der Waals surface area contributed by atoms with Gasteiger partial charge in [-0.05, 0) is 30.9 Å². The van der Waals surface area contributed by atoms with Gasteiger partial charge >= 0.3 is 6.03 Å². The molecule has 1 aliphatic heterocycles. The summed E-state index contributed by atoms with van der Waals surface area (Å²) in [4.78, 5) is 23.1. The smallest absolute Gasteiger partial charge is 0.319 e. The first-order valence-corrected chi connectivity index (χ1v) is 6.68. The molecule has 4 N–H and O–H groups in total. The van der Waals surface area contributed by atoms with E-state index in [4.69, 9.17) is 10.5 Å². The van der Waals surface area contributed by atoms with E-state index in [1.165, 1.54) is 0 Å². The van der Waals surface area contributed by atoms with Gasteiger partial charge in [-0.1, -0.05) is 12.1 Å². The monoisotopic (exact) mass is 277 g/mol. The number of urea groups is 1. The minimum absolute atomic E-state index is 0.300. The molecule has 2 rings (SSSR count). The highest BCUT2D eigenvalue weighted by molar-refractivity contribution is 6.02. The molecule has 0 saturated carbocycles. The van der Waals surface area contributed by atoms with E-state index in [0.29, 0.717) is 23.7 Å². The predicted molar refractivity (Wildman–Crippen MR) is 75.5 cm³/mol. The summed E-state index contributed by atoms with van der Waals surface area (Å²) in [5.41, 5.74) is 5.98. The van der Waals surface area contributed by atoms with Crippen molar-refractivity contribution in [2.24, 2.45) is 11.7 Å². The molecule has 20 heavy (non-hydrogen) atoms. The highest BCUT2D eigenvalue weighted by Crippen LogP contribution is 2.15. The Hall–Kier alpha value is -2.08. The minimum Gasteiger partial charge on any atom is -0.381 e. The van der Waals surface area contributed by atoms with Gasteiger partial charge in [-0.2, -0.15) is 0 Å². The van der Waals surface area contributed by atoms with Gasteiger partial charge in [0.25, 0.3) is 5.91 Å². The van der Waals surface area contributed by atoms with Gasteiger partial charge in [-0.25, -0.2) is 4.79 Å². The number of anilines is 1. The van der Waals surface area contributed by atoms with Gasteiger partial charge in [0, 0.05) is 19.8 Å². The number of carbonyl (C=O) groups excluding carboxylic acids is 2. The molecule has 0 atom stereocenters. The SMILES string of the molecule is NC(=O)c1ccccc1NC(=O)NCC1CCOCC1. The summed E-state index contributed by atoms with van der Waals surface area (Å²) < 4.78 is 5.26. The lowest BCUT2D eigenvalue weighted by Crippen LogP contribution is -2.35. The first kappa shape index (κ1) is 14.3. The van der Waals surface area contributed by atoms with Gasteiger partial charge in [0.05, 0.1) is 11.3 Å². The number of amides is 3. The van der Waals surface area contributed by atoms with Gasteiger partial charge in [0.1, 0.15) is 0 Å². The van der Waals surface area contributed by atoms with E-state index in [2.05, 4.69) is 10.6 Å². The number of hydrogen-bond donors (Lipinski definition) is 3. The van der Waals surface area contributed by atoms with E-state index in [0.717, 1.165) is 26.1 Å². The van der Waals surface area contributed by atoms with Crippen molar-refractivity contribution in [3.05, 3.63) is 29.8 Å². The zero-order chi connectivity index (χ0) is 14.4. The Morgan fingerprint density at radius 3 is 2.65 bits per heavy atom. The molecule has 0 unspecified atom stereocenters. The molecule has 1 aromatic carbocycles. The maximum atomic E-state index is 11.8. The summed E-state index contributed by atoms with van der Waals surface area (Å²) in [6.45, 7) is 2.10. The van der Waals surface area contributed by atoms with E-state index in [9.17, 15) is 9.59 Å². The van der Waals surface area contributed by atoms with Crippen molar-refractivity contribution in [2.75, 3.05) is 25.1 Å². The Morgan fingerprint density at radius 1 is 1.25 bits per heavy atom. The molecule has 0 aromatic heterocycles. The van der Waals surface area contributed by atoms with Crippen molar-refractivity contribution in [3.63, 3.8) is 0 Å². The van der Waals surface area contributed by atoms with Crippen molar-refractivity contribution < 1.29 is 14.3 Å². The highest BCUT2D eigenvalue weighted by atomic mass is 16.5. The van der Waals surface area contributed by atoms with Crippen LogP contribution in [0.3, 0.4) is 0 Å². The molecule has 1 saturated heterocycles. The van der Waals surface area contributed by atoms with Crippen LogP contribution in [0.15, 0.2) is 24.3 Å². The second-order valence-corrected chi connectivity index (χ2v) is 4.80. The molecule has 1 fully saturated rings. The molecular weight excluding hydrogens is 258 g/mol. The van der Waals surface area contributed by atoms with Crippen LogP contribution in [-0.4, -0.2) is 31.7 Å². The Bertz CT molecular complexity index is 484. The van der Waals surface area contributed by atoms with E-state index in [1.54, 1.807) is 24.3 Å². The summed E-state index contributed by atoms with van der Waals surface area (Å²) in [6.07, 6.45) is 1.91. The van der Waals surface area contributed by atoms with Gasteiger partial charge in [0.2, 0.25) is 0 Å². The fourth-order valence-electron chi connectivity index (χ4n) is 2.16. The average Bonchev–Trinajstić information content (AvgIpc) is 2.46. The zero-order valence-electron chi connectivity index (χ0n) is 11.2. The van der Waals surface area contributed by atoms with E-state index >= 15 is 0 Å². The average molecular weight is 277 g/mol. The summed E-state index contributed by atoms with van der Waals surface area (Å²) in [6, 6.07) is 6.33. The van der Waals surface area contributed by atoms with Gasteiger partial charge < -0.3 is 21.1 Å². The third kappa shape index (κ3) is 3.96. The third-order valence-corrected chi connectivity index (χ3v) is 3.33. The van der Waals surface area contributed by atoms with Crippen LogP contribution < -0.4 is 16.4 Å². The quantitative estimate of drug-likeness (QED) is 0.775. The Balaban J connectivity index is 1.86. The molecule has 0 aliphatic carbocycles. The van der Waals surface area contributed by atoms with E-state index < -0.39 is 5.91 Å². The van der Waals surface area contributed by atoms with Gasteiger partial charge in [-0.3, -0.25) is 4.79 Å². The number of nitrogens with one attached hydrogen (secondary N) is 2. The third-order valence-electron chi connectivity index (χ3n) is 3.33. The van der Waals surface area contributed by atoms with Crippen molar-refractivity contribution in [3.8, 4) is 0 Å². The van der Waals surface area contributed by atoms with Crippen LogP contribution in [0.5, 0.6) is 0 Å². The van der Waals surface area contributed by atoms with E-state index in [1.807, 2.05) is 0 Å². The van der Waals surface area contributed by atoms with Crippen LogP contribution in [0.1, 0.15) is 23.2 Å². The fraction of sp³-hybridized carbons (Fsp3) is 0.429. The van der Waals surface area contributed by atoms with Crippen LogP contribution in [0.25, 0.3) is 0 Å². The minimum atomic E-state index is -0.565. The largest absolute Gasteiger partial charge is 0.381 e. The number of para-hydroxylation sites is 1. The summed E-state index contributed by atoms with van der Waals surface area (Å²) in [7, 11) is 0. The molecule has 0 bridgehead atoms. The molecule has 6 heteroatoms. The standard InChI is InChI=1S/C14H19N3O3/c15-13(18)11-3-1-2-4-12(11)17-14(19)16-9-10-5-7-20-8-6-10/h1-4,10H,5-9H2,(H2,15,18)(H2,16,17,19). The van der Waals surface area contributed by atoms with Gasteiger partial charge in [-0.15, -0.1) is 0 Å².